The van der Waals surface area contributed by atoms with Crippen molar-refractivity contribution in [2.45, 2.75) is 120 Å². The van der Waals surface area contributed by atoms with Gasteiger partial charge in [-0.3, -0.25) is 0 Å². The van der Waals surface area contributed by atoms with Crippen LogP contribution in [0.5, 0.6) is 11.5 Å². The molecule has 0 amide bonds. The van der Waals surface area contributed by atoms with E-state index in [0.717, 1.165) is 46.5 Å². The lowest BCUT2D eigenvalue weighted by Crippen LogP contribution is -2.31. The van der Waals surface area contributed by atoms with E-state index in [1.165, 1.54) is 177 Å². The van der Waals surface area contributed by atoms with Crippen LogP contribution < -0.4 is 94.3 Å². The fourth-order valence-corrected chi connectivity index (χ4v) is 44.8. The number of benzene rings is 17. The highest BCUT2D eigenvalue weighted by molar-refractivity contribution is 7.81. The van der Waals surface area contributed by atoms with Crippen LogP contribution in [0.4, 0.5) is 0 Å². The molecule has 11 heteroatoms. The van der Waals surface area contributed by atoms with Gasteiger partial charge in [0.2, 0.25) is 0 Å². The van der Waals surface area contributed by atoms with Crippen molar-refractivity contribution in [2.75, 3.05) is 46.3 Å². The number of methoxy groups -OCH3 is 2. The summed E-state index contributed by atoms with van der Waals surface area (Å²) < 4.78 is 11.5. The highest BCUT2D eigenvalue weighted by Crippen LogP contribution is 2.62. The number of nitrogens with zero attached hydrogens (tertiary/aromatic N) is 1. The topological polar surface area (TPSA) is 21.7 Å². The van der Waals surface area contributed by atoms with Crippen molar-refractivity contribution in [3.8, 4) is 22.6 Å². The molecule has 0 aromatic heterocycles. The first kappa shape index (κ1) is 96.9. The van der Waals surface area contributed by atoms with E-state index in [0.29, 0.717) is 11.7 Å². The van der Waals surface area contributed by atoms with Crippen molar-refractivity contribution in [3.05, 3.63) is 449 Å². The molecular formula is C124H127NO2P8. The Morgan fingerprint density at radius 3 is 0.852 bits per heavy atom. The van der Waals surface area contributed by atoms with Gasteiger partial charge in [0.15, 0.2) is 0 Å². The minimum atomic E-state index is -0.852. The van der Waals surface area contributed by atoms with Gasteiger partial charge in [-0.25, -0.2) is 0 Å². The summed E-state index contributed by atoms with van der Waals surface area (Å²) in [6.07, 6.45) is 16.2. The average molecular weight is 1910 g/mol. The number of hydrogen-bond acceptors (Lipinski definition) is 3. The predicted octanol–water partition coefficient (Wildman–Crippen LogP) is 26.4. The molecule has 8 atom stereocenters. The van der Waals surface area contributed by atoms with Crippen LogP contribution in [0.2, 0.25) is 0 Å². The van der Waals surface area contributed by atoms with Crippen molar-refractivity contribution in [2.24, 2.45) is 0 Å². The van der Waals surface area contributed by atoms with Crippen LogP contribution in [0.3, 0.4) is 0 Å². The van der Waals surface area contributed by atoms with Crippen molar-refractivity contribution >= 4 is 170 Å². The van der Waals surface area contributed by atoms with Crippen LogP contribution in [0.25, 0.3) is 32.7 Å². The van der Waals surface area contributed by atoms with Gasteiger partial charge in [-0.1, -0.05) is 480 Å². The Morgan fingerprint density at radius 2 is 0.541 bits per heavy atom. The summed E-state index contributed by atoms with van der Waals surface area (Å²) in [5, 5.41) is 28.4. The van der Waals surface area contributed by atoms with Gasteiger partial charge in [0.1, 0.15) is 11.5 Å². The van der Waals surface area contributed by atoms with Crippen molar-refractivity contribution in [1.29, 1.82) is 0 Å². The molecule has 0 spiro atoms. The maximum Gasteiger partial charge on any atom is 0.126 e. The molecule has 17 aromatic carbocycles. The predicted molar refractivity (Wildman–Crippen MR) is 607 cm³/mol. The summed E-state index contributed by atoms with van der Waals surface area (Å²) in [6, 6.07) is 166. The zero-order valence-corrected chi connectivity index (χ0v) is 86.4. The van der Waals surface area contributed by atoms with Gasteiger partial charge < -0.3 is 14.4 Å². The molecule has 0 bridgehead atoms. The van der Waals surface area contributed by atoms with E-state index in [-0.39, 0.29) is 31.7 Å². The molecule has 17 aromatic rings. The van der Waals surface area contributed by atoms with Crippen molar-refractivity contribution in [3.63, 3.8) is 0 Å². The number of hydrogen-bond donors (Lipinski definition) is 0. The van der Waals surface area contributed by atoms with E-state index in [1.54, 1.807) is 14.2 Å². The minimum Gasteiger partial charge on any atom is -0.496 e. The fourth-order valence-electron chi connectivity index (χ4n) is 20.7. The molecule has 3 aliphatic rings. The van der Waals surface area contributed by atoms with Gasteiger partial charge in [0.25, 0.3) is 0 Å². The first-order valence-electron chi connectivity index (χ1n) is 48.6. The Kier molecular flexibility index (Phi) is 35.2. The molecule has 680 valence electrons. The van der Waals surface area contributed by atoms with E-state index in [2.05, 4.69) is 476 Å². The molecule has 3 aliphatic heterocycles. The van der Waals surface area contributed by atoms with E-state index in [1.807, 2.05) is 22.7 Å². The molecule has 3 saturated heterocycles. The molecule has 0 saturated carbocycles. The van der Waals surface area contributed by atoms with Gasteiger partial charge >= 0.3 is 0 Å². The SMILES string of the molecule is CC[C@H]1CC[C@H](CC)P1c1ccccc1P1[C@@H](CC)CC[C@@H]1CC.CN1C[C@@H](P(c2ccccc2)c2ccccc2)C[C@H]1CP(c1ccccc1)c1ccccc1.COc1ccccc1P(CC[P@](c1ccccc1)c1ccccc1OC)c1ccccc1.c1ccc(P(c2ccccc2)c2ccc3ccccc3c2-c2c(P(c3ccccc3)c3ccccc3)ccc3ccccc23)cc1. The lowest BCUT2D eigenvalue weighted by Gasteiger charge is -2.32. The second-order valence-corrected chi connectivity index (χ2v) is 54.4. The number of rotatable bonds is 29. The summed E-state index contributed by atoms with van der Waals surface area (Å²) >= 11 is 0. The molecule has 0 N–H and O–H groups in total. The molecule has 3 fully saturated rings. The third-order valence-electron chi connectivity index (χ3n) is 27.2. The van der Waals surface area contributed by atoms with E-state index >= 15 is 0 Å². The monoisotopic (exact) mass is 1910 g/mol. The maximum atomic E-state index is 5.76. The summed E-state index contributed by atoms with van der Waals surface area (Å²) in [5.74, 6) is 1.95. The second-order valence-electron chi connectivity index (χ2n) is 35.2. The Hall–Kier alpha value is -9.74. The van der Waals surface area contributed by atoms with Gasteiger partial charge in [0, 0.05) is 28.9 Å². The number of likely N-dealkylation sites (tertiary alicyclic amines) is 1. The largest absolute Gasteiger partial charge is 0.496 e. The van der Waals surface area contributed by atoms with Crippen LogP contribution in [0, 0.1) is 0 Å². The lowest BCUT2D eigenvalue weighted by atomic mass is 9.93. The highest BCUT2D eigenvalue weighted by Gasteiger charge is 2.42. The minimum absolute atomic E-state index is 0.0639. The van der Waals surface area contributed by atoms with Crippen LogP contribution >= 0.6 is 63.4 Å². The quantitative estimate of drug-likeness (QED) is 0.0436. The van der Waals surface area contributed by atoms with Gasteiger partial charge in [-0.05, 0) is 273 Å². The van der Waals surface area contributed by atoms with E-state index < -0.39 is 31.7 Å². The van der Waals surface area contributed by atoms with Crippen LogP contribution in [-0.4, -0.2) is 85.5 Å². The summed E-state index contributed by atoms with van der Waals surface area (Å²) in [5.41, 5.74) is 7.34. The Bertz CT molecular complexity index is 6010. The zero-order valence-electron chi connectivity index (χ0n) is 79.2. The standard InChI is InChI=1S/C44H32P2.C30H31NP2.C28H28O2P2.C22H36P2/c1-5-19-35(20-6-1)45(36-21-7-2-8-22-36)41-31-29-33-17-13-15-27-39(33)43(41)44-40-28-16-14-18-34(40)30-32-42(44)46(37-23-9-3-10-24-37)38-25-11-4-12-26-38;1-31-23-30(33(28-18-10-4-11-19-28)29-20-12-5-13-21-29)22-25(31)24-32(26-14-6-2-7-15-26)27-16-8-3-9-17-27;1-29-25-17-9-11-19-27(25)31(23-13-5-3-6-14-23)21-22-32(24-15-7-4-8-16-24)28-20-12-10-18-26(28)30-2;1-5-17-13-14-18(6-2)23(17)21-11-9-10-12-22(21)24-19(7-3)15-16-20(24)8-4/h1-32H;2-21,25,30H,22-24H2,1H3;3-20H,21-22H2,1-2H3;9-12,17-20H,5-8,13-16H2,1-4H3/t;25-,30-;31-,32?;17-,18-,19-,20-/m.010/s1. The molecule has 3 nitrogen and oxygen atoms in total. The smallest absolute Gasteiger partial charge is 0.126 e. The third kappa shape index (κ3) is 23.3. The van der Waals surface area contributed by atoms with E-state index in [4.69, 9.17) is 9.47 Å². The number of fused-ring (bicyclic) bond motifs is 2. The fraction of sp³-hybridized carbons (Fsp3) is 0.210. The third-order valence-corrected chi connectivity index (χ3v) is 50.8. The van der Waals surface area contributed by atoms with Crippen LogP contribution in [0.15, 0.2) is 449 Å². The van der Waals surface area contributed by atoms with Gasteiger partial charge in [0.05, 0.1) is 14.2 Å². The van der Waals surface area contributed by atoms with E-state index in [9.17, 15) is 0 Å². The van der Waals surface area contributed by atoms with Crippen LogP contribution in [0.1, 0.15) is 85.5 Å². The molecular weight excluding hydrogens is 1780 g/mol. The molecule has 135 heavy (non-hydrogen) atoms. The molecule has 3 heterocycles. The summed E-state index contributed by atoms with van der Waals surface area (Å²) in [7, 11) is 2.45. The molecule has 0 aliphatic carbocycles. The Morgan fingerprint density at radius 1 is 0.274 bits per heavy atom. The Labute approximate surface area is 815 Å². The summed E-state index contributed by atoms with van der Waals surface area (Å²) in [6.45, 7) is 10.9. The normalized spacial score (nSPS) is 17.1. The van der Waals surface area contributed by atoms with Gasteiger partial charge in [-0.2, -0.15) is 0 Å². The zero-order chi connectivity index (χ0) is 92.4. The van der Waals surface area contributed by atoms with Crippen molar-refractivity contribution < 1.29 is 9.47 Å². The molecule has 0 radical (unpaired) electrons. The molecule has 1 unspecified atom stereocenters. The van der Waals surface area contributed by atoms with Crippen LogP contribution in [-0.2, 0) is 0 Å². The number of ether oxygens (including phenoxy) is 2. The summed E-state index contributed by atoms with van der Waals surface area (Å²) in [4.78, 5) is 2.65. The molecule has 20 rings (SSSR count). The average Bonchev–Trinajstić information content (AvgIpc) is 1.42. The lowest BCUT2D eigenvalue weighted by molar-refractivity contribution is 0.334. The highest BCUT2D eigenvalue weighted by atomic mass is 31.1. The maximum absolute atomic E-state index is 5.76. The first-order valence-corrected chi connectivity index (χ1v) is 60.2. The Balaban J connectivity index is 0.000000129. The van der Waals surface area contributed by atoms with Gasteiger partial charge in [-0.15, -0.1) is 0 Å². The number of para-hydroxylation sites is 2. The first-order chi connectivity index (χ1) is 66.7. The second kappa shape index (κ2) is 49.0. The van der Waals surface area contributed by atoms with Crippen molar-refractivity contribution in [1.82, 2.24) is 4.90 Å².